The van der Waals surface area contributed by atoms with E-state index in [2.05, 4.69) is 5.32 Å². The molecule has 0 atom stereocenters. The molecular weight excluding hydrogens is 336 g/mol. The van der Waals surface area contributed by atoms with Gasteiger partial charge in [-0.05, 0) is 24.1 Å². The van der Waals surface area contributed by atoms with Crippen molar-refractivity contribution >= 4 is 22.9 Å². The molecular formula is C19H18N2O3S. The van der Waals surface area contributed by atoms with Gasteiger partial charge in [-0.25, -0.2) is 0 Å². The fourth-order valence-electron chi connectivity index (χ4n) is 2.46. The Kier molecular flexibility index (Phi) is 4.72. The maximum atomic E-state index is 12.7. The van der Waals surface area contributed by atoms with Crippen LogP contribution in [0.15, 0.2) is 53.5 Å². The highest BCUT2D eigenvalue weighted by molar-refractivity contribution is 7.17. The molecule has 3 aromatic rings. The normalized spacial score (nSPS) is 10.5. The summed E-state index contributed by atoms with van der Waals surface area (Å²) in [6, 6.07) is 13.2. The summed E-state index contributed by atoms with van der Waals surface area (Å²) in [6.07, 6.45) is 1.62. The summed E-state index contributed by atoms with van der Waals surface area (Å²) in [5, 5.41) is 2.87. The van der Waals surface area contributed by atoms with Crippen LogP contribution in [0.5, 0.6) is 5.75 Å². The predicted octanol–water partition coefficient (Wildman–Crippen LogP) is 3.68. The van der Waals surface area contributed by atoms with E-state index in [4.69, 9.17) is 4.74 Å². The smallest absolute Gasteiger partial charge is 0.269 e. The predicted molar refractivity (Wildman–Crippen MR) is 101 cm³/mol. The minimum Gasteiger partial charge on any atom is -0.495 e. The Balaban J connectivity index is 1.94. The third-order valence-electron chi connectivity index (χ3n) is 3.87. The summed E-state index contributed by atoms with van der Waals surface area (Å²) >= 11 is 1.37. The molecule has 0 aliphatic rings. The second-order valence-electron chi connectivity index (χ2n) is 5.65. The van der Waals surface area contributed by atoms with Crippen molar-refractivity contribution in [1.29, 1.82) is 0 Å². The maximum Gasteiger partial charge on any atom is 0.269 e. The van der Waals surface area contributed by atoms with E-state index in [0.717, 1.165) is 16.0 Å². The quantitative estimate of drug-likeness (QED) is 0.777. The van der Waals surface area contributed by atoms with E-state index in [-0.39, 0.29) is 11.5 Å². The van der Waals surface area contributed by atoms with Gasteiger partial charge in [0.1, 0.15) is 10.6 Å². The summed E-state index contributed by atoms with van der Waals surface area (Å²) in [6.45, 7) is 1.79. The van der Waals surface area contributed by atoms with Crippen LogP contribution in [0.4, 0.5) is 5.69 Å². The number of carbonyl (C=O) groups is 1. The zero-order chi connectivity index (χ0) is 18.0. The lowest BCUT2D eigenvalue weighted by Gasteiger charge is -2.09. The molecule has 0 spiro atoms. The molecule has 1 aromatic carbocycles. The molecule has 0 bridgehead atoms. The van der Waals surface area contributed by atoms with Gasteiger partial charge in [-0.2, -0.15) is 0 Å². The first kappa shape index (κ1) is 17.0. The monoisotopic (exact) mass is 354 g/mol. The van der Waals surface area contributed by atoms with Gasteiger partial charge in [0.2, 0.25) is 0 Å². The van der Waals surface area contributed by atoms with Crippen molar-refractivity contribution in [2.75, 3.05) is 12.4 Å². The van der Waals surface area contributed by atoms with Crippen LogP contribution in [0.1, 0.15) is 15.2 Å². The molecule has 1 amide bonds. The Labute approximate surface area is 149 Å². The van der Waals surface area contributed by atoms with Crippen LogP contribution in [0, 0.1) is 6.92 Å². The number of methoxy groups -OCH3 is 1. The number of thiophene rings is 1. The number of benzene rings is 1. The second kappa shape index (κ2) is 6.94. The molecule has 6 heteroatoms. The molecule has 0 unspecified atom stereocenters. The van der Waals surface area contributed by atoms with Crippen molar-refractivity contribution in [1.82, 2.24) is 4.57 Å². The fraction of sp³-hybridized carbons (Fsp3) is 0.158. The topological polar surface area (TPSA) is 60.3 Å². The van der Waals surface area contributed by atoms with Crippen molar-refractivity contribution in [2.24, 2.45) is 7.05 Å². The van der Waals surface area contributed by atoms with E-state index >= 15 is 0 Å². The van der Waals surface area contributed by atoms with Crippen LogP contribution in [-0.4, -0.2) is 17.6 Å². The largest absolute Gasteiger partial charge is 0.495 e. The summed E-state index contributed by atoms with van der Waals surface area (Å²) in [4.78, 5) is 25.8. The third kappa shape index (κ3) is 3.49. The molecule has 0 fully saturated rings. The number of nitrogens with zero attached hydrogens (tertiary/aromatic N) is 1. The second-order valence-corrected chi connectivity index (χ2v) is 6.70. The van der Waals surface area contributed by atoms with Gasteiger partial charge < -0.3 is 14.6 Å². The van der Waals surface area contributed by atoms with Gasteiger partial charge in [-0.1, -0.05) is 30.3 Å². The number of ether oxygens (including phenoxy) is 1. The number of pyridine rings is 1. The number of amides is 1. The van der Waals surface area contributed by atoms with E-state index in [1.54, 1.807) is 27.3 Å². The molecule has 25 heavy (non-hydrogen) atoms. The van der Waals surface area contributed by atoms with E-state index in [1.807, 2.05) is 36.4 Å². The molecule has 3 rings (SSSR count). The van der Waals surface area contributed by atoms with Gasteiger partial charge >= 0.3 is 0 Å². The van der Waals surface area contributed by atoms with Crippen molar-refractivity contribution in [2.45, 2.75) is 6.92 Å². The molecule has 2 aromatic heterocycles. The highest BCUT2D eigenvalue weighted by Gasteiger charge is 2.19. The van der Waals surface area contributed by atoms with Gasteiger partial charge in [0.15, 0.2) is 0 Å². The number of nitrogens with one attached hydrogen (secondary N) is 1. The van der Waals surface area contributed by atoms with Crippen LogP contribution in [0.2, 0.25) is 0 Å². The first-order valence-electron chi connectivity index (χ1n) is 7.71. The molecule has 0 aliphatic heterocycles. The Bertz CT molecular complexity index is 974. The van der Waals surface area contributed by atoms with Crippen LogP contribution in [0.25, 0.3) is 10.4 Å². The molecule has 2 heterocycles. The number of rotatable bonds is 4. The van der Waals surface area contributed by atoms with Gasteiger partial charge in [-0.3, -0.25) is 9.59 Å². The molecule has 128 valence electrons. The minimum atomic E-state index is -0.259. The number of hydrogen-bond acceptors (Lipinski definition) is 4. The molecule has 5 nitrogen and oxygen atoms in total. The lowest BCUT2D eigenvalue weighted by atomic mass is 10.2. The van der Waals surface area contributed by atoms with E-state index < -0.39 is 0 Å². The van der Waals surface area contributed by atoms with Gasteiger partial charge in [0, 0.05) is 24.2 Å². The maximum absolute atomic E-state index is 12.7. The summed E-state index contributed by atoms with van der Waals surface area (Å²) in [5.41, 5.74) is 2.23. The number of anilines is 1. The first-order chi connectivity index (χ1) is 12.0. The number of hydrogen-bond donors (Lipinski definition) is 1. The number of carbonyl (C=O) groups excluding carboxylic acids is 1. The standard InChI is InChI=1S/C19H18N2O3S/c1-12-9-17(22)21(2)11-14(12)20-19(23)18-15(24-3)10-16(25-18)13-7-5-4-6-8-13/h4-11H,1-3H3,(H,20,23). The van der Waals surface area contributed by atoms with Crippen molar-refractivity contribution in [3.8, 4) is 16.2 Å². The first-order valence-corrected chi connectivity index (χ1v) is 8.53. The third-order valence-corrected chi connectivity index (χ3v) is 5.03. The Morgan fingerprint density at radius 2 is 1.92 bits per heavy atom. The minimum absolute atomic E-state index is 0.115. The Morgan fingerprint density at radius 1 is 1.20 bits per heavy atom. The fourth-order valence-corrected chi connectivity index (χ4v) is 3.49. The van der Waals surface area contributed by atoms with Crippen molar-refractivity contribution in [3.63, 3.8) is 0 Å². The molecule has 1 N–H and O–H groups in total. The summed E-state index contributed by atoms with van der Waals surface area (Å²) < 4.78 is 6.81. The highest BCUT2D eigenvalue weighted by Crippen LogP contribution is 2.36. The molecule has 0 saturated carbocycles. The summed E-state index contributed by atoms with van der Waals surface area (Å²) in [5.74, 6) is 0.273. The van der Waals surface area contributed by atoms with E-state index in [0.29, 0.717) is 16.3 Å². The Hall–Kier alpha value is -2.86. The molecule has 0 saturated heterocycles. The number of aryl methyl sites for hydroxylation is 2. The van der Waals surface area contributed by atoms with Gasteiger partial charge in [0.25, 0.3) is 11.5 Å². The van der Waals surface area contributed by atoms with E-state index in [1.165, 1.54) is 22.0 Å². The molecule has 0 radical (unpaired) electrons. The van der Waals surface area contributed by atoms with Gasteiger partial charge in [-0.15, -0.1) is 11.3 Å². The summed E-state index contributed by atoms with van der Waals surface area (Å²) in [7, 11) is 3.20. The SMILES string of the molecule is COc1cc(-c2ccccc2)sc1C(=O)Nc1cn(C)c(=O)cc1C. The van der Waals surface area contributed by atoms with Gasteiger partial charge in [0.05, 0.1) is 12.8 Å². The zero-order valence-corrected chi connectivity index (χ0v) is 15.0. The lowest BCUT2D eigenvalue weighted by Crippen LogP contribution is -2.19. The van der Waals surface area contributed by atoms with Crippen LogP contribution in [-0.2, 0) is 7.05 Å². The Morgan fingerprint density at radius 3 is 2.60 bits per heavy atom. The average Bonchev–Trinajstić information content (AvgIpc) is 3.05. The highest BCUT2D eigenvalue weighted by atomic mass is 32.1. The van der Waals surface area contributed by atoms with Crippen LogP contribution < -0.4 is 15.6 Å². The molecule has 0 aliphatic carbocycles. The lowest BCUT2D eigenvalue weighted by molar-refractivity contribution is 0.102. The van der Waals surface area contributed by atoms with E-state index in [9.17, 15) is 9.59 Å². The zero-order valence-electron chi connectivity index (χ0n) is 14.2. The van der Waals surface area contributed by atoms with Crippen molar-refractivity contribution < 1.29 is 9.53 Å². The van der Waals surface area contributed by atoms with Crippen LogP contribution >= 0.6 is 11.3 Å². The number of aromatic nitrogens is 1. The van der Waals surface area contributed by atoms with Crippen molar-refractivity contribution in [3.05, 3.63) is 69.5 Å². The average molecular weight is 354 g/mol. The van der Waals surface area contributed by atoms with Crippen LogP contribution in [0.3, 0.4) is 0 Å².